The number of ether oxygens (including phenoxy) is 2. The first-order valence-corrected chi connectivity index (χ1v) is 13.3. The summed E-state index contributed by atoms with van der Waals surface area (Å²) in [7, 11) is 0. The average Bonchev–Trinajstić information content (AvgIpc) is 2.93. The maximum atomic E-state index is 11.8. The van der Waals surface area contributed by atoms with Gasteiger partial charge in [0.05, 0.1) is 24.4 Å². The topological polar surface area (TPSA) is 130 Å². The number of amides is 2. The van der Waals surface area contributed by atoms with E-state index in [4.69, 9.17) is 9.47 Å². The van der Waals surface area contributed by atoms with Crippen LogP contribution >= 0.6 is 11.8 Å². The Kier molecular flexibility index (Phi) is 9.35. The van der Waals surface area contributed by atoms with E-state index in [1.807, 2.05) is 50.2 Å². The van der Waals surface area contributed by atoms with E-state index in [9.17, 15) is 19.8 Å². The Labute approximate surface area is 225 Å². The minimum absolute atomic E-state index is 0.0427. The fraction of sp³-hybridized carbons (Fsp3) is 0.321. The number of aromatic nitrogens is 1. The molecule has 10 heteroatoms. The van der Waals surface area contributed by atoms with Crippen molar-refractivity contribution in [3.05, 3.63) is 89.1 Å². The number of hydrogen-bond donors (Lipinski definition) is 4. The predicted octanol–water partition coefficient (Wildman–Crippen LogP) is 5.00. The summed E-state index contributed by atoms with van der Waals surface area (Å²) in [5.74, 6) is -0.614. The van der Waals surface area contributed by atoms with Crippen LogP contribution in [0.3, 0.4) is 0 Å². The van der Waals surface area contributed by atoms with Gasteiger partial charge in [-0.25, -0.2) is 14.6 Å². The van der Waals surface area contributed by atoms with Crippen molar-refractivity contribution in [1.82, 2.24) is 10.3 Å². The van der Waals surface area contributed by atoms with Crippen molar-refractivity contribution < 1.29 is 29.3 Å². The van der Waals surface area contributed by atoms with Gasteiger partial charge < -0.3 is 30.3 Å². The van der Waals surface area contributed by atoms with Crippen molar-refractivity contribution in [3.8, 4) is 0 Å². The average molecular weight is 538 g/mol. The van der Waals surface area contributed by atoms with E-state index in [0.717, 1.165) is 16.7 Å². The van der Waals surface area contributed by atoms with Crippen molar-refractivity contribution >= 4 is 29.4 Å². The van der Waals surface area contributed by atoms with Gasteiger partial charge in [0.1, 0.15) is 5.03 Å². The Hall–Kier alpha value is -3.44. The molecular weight excluding hydrogens is 506 g/mol. The number of benzene rings is 2. The summed E-state index contributed by atoms with van der Waals surface area (Å²) in [4.78, 5) is 27.8. The van der Waals surface area contributed by atoms with Crippen molar-refractivity contribution in [2.24, 2.45) is 5.92 Å². The molecule has 38 heavy (non-hydrogen) atoms. The van der Waals surface area contributed by atoms with Gasteiger partial charge in [0, 0.05) is 35.7 Å². The molecule has 0 spiro atoms. The summed E-state index contributed by atoms with van der Waals surface area (Å²) in [5.41, 5.74) is 3.35. The molecule has 0 unspecified atom stereocenters. The molecule has 2 amide bonds. The minimum atomic E-state index is -1.03. The third-order valence-electron chi connectivity index (χ3n) is 6.29. The molecule has 4 rings (SSSR count). The molecule has 2 heterocycles. The first kappa shape index (κ1) is 27.6. The standard InChI is InChI=1S/C28H31N3O6S/c1-3-29-28(35)31-21-12-10-20(11-13-21)27-36-23(16-38-25-22(26(33)34)5-4-14-30-25)17(2)24(37-27)19-8-6-18(15-32)7-9-19/h4-14,17,23-24,27,32H,3,15-16H2,1-2H3,(H,33,34)(H2,29,31,35)/t17-,23+,24+,27+/m0/s1. The van der Waals surface area contributed by atoms with Gasteiger partial charge in [0.25, 0.3) is 0 Å². The molecule has 0 aliphatic carbocycles. The SMILES string of the molecule is CCNC(=O)Nc1ccc([C@@H]2O[C@H](CSc3ncccc3C(=O)O)[C@H](C)[C@H](c3ccc(CO)cc3)O2)cc1. The number of aromatic carboxylic acids is 1. The first-order chi connectivity index (χ1) is 18.4. The predicted molar refractivity (Wildman–Crippen MR) is 144 cm³/mol. The molecule has 1 fully saturated rings. The van der Waals surface area contributed by atoms with Crippen LogP contribution in [0, 0.1) is 5.92 Å². The Morgan fingerprint density at radius 3 is 2.39 bits per heavy atom. The lowest BCUT2D eigenvalue weighted by atomic mass is 9.91. The summed E-state index contributed by atoms with van der Waals surface area (Å²) < 4.78 is 12.8. The highest BCUT2D eigenvalue weighted by Gasteiger charge is 2.38. The number of carboxylic acid groups (broad SMARTS) is 1. The summed E-state index contributed by atoms with van der Waals surface area (Å²) >= 11 is 1.34. The molecule has 0 saturated carbocycles. The fourth-order valence-corrected chi connectivity index (χ4v) is 5.35. The molecule has 1 aliphatic rings. The number of carboxylic acids is 1. The number of carbonyl (C=O) groups excluding carboxylic acids is 1. The second kappa shape index (κ2) is 12.9. The fourth-order valence-electron chi connectivity index (χ4n) is 4.20. The molecule has 1 aliphatic heterocycles. The zero-order chi connectivity index (χ0) is 27.1. The number of nitrogens with zero attached hydrogens (tertiary/aromatic N) is 1. The number of aliphatic hydroxyl groups excluding tert-OH is 1. The Balaban J connectivity index is 1.57. The highest BCUT2D eigenvalue weighted by Crippen LogP contribution is 2.43. The van der Waals surface area contributed by atoms with Crippen molar-refractivity contribution in [1.29, 1.82) is 0 Å². The van der Waals surface area contributed by atoms with Gasteiger partial charge in [-0.05, 0) is 42.3 Å². The van der Waals surface area contributed by atoms with Crippen LogP contribution < -0.4 is 10.6 Å². The molecule has 9 nitrogen and oxygen atoms in total. The molecule has 0 bridgehead atoms. The van der Waals surface area contributed by atoms with E-state index >= 15 is 0 Å². The zero-order valence-electron chi connectivity index (χ0n) is 21.2. The van der Waals surface area contributed by atoms with Gasteiger partial charge in [-0.3, -0.25) is 0 Å². The normalized spacial score (nSPS) is 21.0. The Morgan fingerprint density at radius 2 is 1.74 bits per heavy atom. The van der Waals surface area contributed by atoms with Gasteiger partial charge in [-0.2, -0.15) is 0 Å². The van der Waals surface area contributed by atoms with E-state index in [-0.39, 0.29) is 36.3 Å². The summed E-state index contributed by atoms with van der Waals surface area (Å²) in [6.07, 6.45) is 0.315. The van der Waals surface area contributed by atoms with E-state index in [1.165, 1.54) is 17.8 Å². The van der Waals surface area contributed by atoms with E-state index in [2.05, 4.69) is 15.6 Å². The maximum absolute atomic E-state index is 11.8. The summed E-state index contributed by atoms with van der Waals surface area (Å²) in [5, 5.41) is 24.9. The number of thioether (sulfide) groups is 1. The second-order valence-corrected chi connectivity index (χ2v) is 9.91. The maximum Gasteiger partial charge on any atom is 0.338 e. The second-order valence-electron chi connectivity index (χ2n) is 8.90. The zero-order valence-corrected chi connectivity index (χ0v) is 22.0. The van der Waals surface area contributed by atoms with Crippen LogP contribution in [0.4, 0.5) is 10.5 Å². The van der Waals surface area contributed by atoms with Crippen molar-refractivity contribution in [2.75, 3.05) is 17.6 Å². The third kappa shape index (κ3) is 6.70. The van der Waals surface area contributed by atoms with Gasteiger partial charge in [0.2, 0.25) is 0 Å². The van der Waals surface area contributed by atoms with E-state index < -0.39 is 12.3 Å². The summed E-state index contributed by atoms with van der Waals surface area (Å²) in [6.45, 7) is 4.37. The van der Waals surface area contributed by atoms with E-state index in [1.54, 1.807) is 24.4 Å². The van der Waals surface area contributed by atoms with Gasteiger partial charge >= 0.3 is 12.0 Å². The number of urea groups is 1. The molecule has 1 aromatic heterocycles. The molecule has 1 saturated heterocycles. The van der Waals surface area contributed by atoms with Gasteiger partial charge in [-0.15, -0.1) is 11.8 Å². The lowest BCUT2D eigenvalue weighted by Crippen LogP contribution is -2.38. The number of rotatable bonds is 9. The molecule has 4 N–H and O–H groups in total. The molecule has 3 aromatic rings. The van der Waals surface area contributed by atoms with Crippen LogP contribution in [0.15, 0.2) is 71.9 Å². The Morgan fingerprint density at radius 1 is 1.03 bits per heavy atom. The molecule has 4 atom stereocenters. The third-order valence-corrected chi connectivity index (χ3v) is 7.38. The molecule has 0 radical (unpaired) electrons. The molecular formula is C28H31N3O6S. The number of hydrogen-bond acceptors (Lipinski definition) is 7. The largest absolute Gasteiger partial charge is 0.478 e. The quantitative estimate of drug-likeness (QED) is 0.281. The van der Waals surface area contributed by atoms with Crippen LogP contribution in [-0.2, 0) is 16.1 Å². The lowest BCUT2D eigenvalue weighted by Gasteiger charge is -2.41. The lowest BCUT2D eigenvalue weighted by molar-refractivity contribution is -0.268. The number of aliphatic hydroxyl groups is 1. The molecule has 2 aromatic carbocycles. The first-order valence-electron chi connectivity index (χ1n) is 12.4. The molecule has 200 valence electrons. The monoisotopic (exact) mass is 537 g/mol. The summed E-state index contributed by atoms with van der Waals surface area (Å²) in [6, 6.07) is 17.8. The van der Waals surface area contributed by atoms with E-state index in [0.29, 0.717) is 23.0 Å². The van der Waals surface area contributed by atoms with Crippen LogP contribution in [-0.4, -0.2) is 45.6 Å². The number of nitrogens with one attached hydrogen (secondary N) is 2. The minimum Gasteiger partial charge on any atom is -0.478 e. The highest BCUT2D eigenvalue weighted by molar-refractivity contribution is 7.99. The number of anilines is 1. The van der Waals surface area contributed by atoms with Gasteiger partial charge in [-0.1, -0.05) is 43.3 Å². The van der Waals surface area contributed by atoms with Crippen LogP contribution in [0.25, 0.3) is 0 Å². The Bertz CT molecular complexity index is 1240. The van der Waals surface area contributed by atoms with Crippen molar-refractivity contribution in [3.63, 3.8) is 0 Å². The van der Waals surface area contributed by atoms with Gasteiger partial charge in [0.15, 0.2) is 6.29 Å². The van der Waals surface area contributed by atoms with Crippen LogP contribution in [0.5, 0.6) is 0 Å². The number of pyridine rings is 1. The number of carbonyl (C=O) groups is 2. The van der Waals surface area contributed by atoms with Crippen LogP contribution in [0.1, 0.15) is 53.3 Å². The smallest absolute Gasteiger partial charge is 0.338 e. The van der Waals surface area contributed by atoms with Crippen LogP contribution in [0.2, 0.25) is 0 Å². The van der Waals surface area contributed by atoms with Crippen molar-refractivity contribution in [2.45, 2.75) is 44.0 Å². The highest BCUT2D eigenvalue weighted by atomic mass is 32.2.